The van der Waals surface area contributed by atoms with Crippen molar-refractivity contribution in [3.05, 3.63) is 12.7 Å². The largest absolute Gasteiger partial charge is 0.390 e. The summed E-state index contributed by atoms with van der Waals surface area (Å²) in [6, 6.07) is 0. The molecule has 1 aliphatic heterocycles. The number of aliphatic hydroxyl groups is 1. The molecule has 11 heavy (non-hydrogen) atoms. The van der Waals surface area contributed by atoms with Crippen molar-refractivity contribution >= 4 is 6.34 Å². The van der Waals surface area contributed by atoms with Crippen LogP contribution in [0.15, 0.2) is 17.6 Å². The van der Waals surface area contributed by atoms with E-state index in [1.165, 1.54) is 0 Å². The zero-order valence-electron chi connectivity index (χ0n) is 6.74. The van der Waals surface area contributed by atoms with Crippen molar-refractivity contribution in [2.75, 3.05) is 32.8 Å². The molecule has 1 rings (SSSR count). The van der Waals surface area contributed by atoms with Crippen molar-refractivity contribution in [2.45, 2.75) is 0 Å². The van der Waals surface area contributed by atoms with Gasteiger partial charge < -0.3 is 5.11 Å². The van der Waals surface area contributed by atoms with Gasteiger partial charge in [-0.1, -0.05) is 6.58 Å². The Morgan fingerprint density at radius 2 is 2.55 bits per heavy atom. The third kappa shape index (κ3) is 1.88. The molecule has 0 amide bonds. The zero-order valence-corrected chi connectivity index (χ0v) is 6.74. The first-order valence-corrected chi connectivity index (χ1v) is 3.91. The molecule has 0 aromatic rings. The highest BCUT2D eigenvalue weighted by Crippen LogP contribution is 2.07. The number of hydrogen-bond acceptors (Lipinski definition) is 2. The molecule has 0 saturated carbocycles. The number of quaternary nitrogens is 1. The minimum atomic E-state index is 0.222. The second-order valence-electron chi connectivity index (χ2n) is 2.88. The highest BCUT2D eigenvalue weighted by atomic mass is 16.3. The summed E-state index contributed by atoms with van der Waals surface area (Å²) in [5.41, 5.74) is 0. The quantitative estimate of drug-likeness (QED) is 0.450. The van der Waals surface area contributed by atoms with E-state index in [0.29, 0.717) is 0 Å². The van der Waals surface area contributed by atoms with Crippen LogP contribution in [0, 0.1) is 0 Å². The lowest BCUT2D eigenvalue weighted by atomic mass is 10.4. The van der Waals surface area contributed by atoms with Crippen LogP contribution < -0.4 is 0 Å². The molecule has 0 spiro atoms. The van der Waals surface area contributed by atoms with Gasteiger partial charge in [-0.05, 0) is 6.08 Å². The van der Waals surface area contributed by atoms with E-state index in [2.05, 4.69) is 11.6 Å². The molecule has 1 aliphatic rings. The van der Waals surface area contributed by atoms with Crippen LogP contribution in [0.1, 0.15) is 0 Å². The van der Waals surface area contributed by atoms with Crippen LogP contribution in [-0.2, 0) is 0 Å². The molecular weight excluding hydrogens is 140 g/mol. The molecule has 0 aromatic heterocycles. The Morgan fingerprint density at radius 1 is 1.73 bits per heavy atom. The van der Waals surface area contributed by atoms with Crippen LogP contribution >= 0.6 is 0 Å². The lowest BCUT2D eigenvalue weighted by Gasteiger charge is -2.27. The Labute approximate surface area is 67.3 Å². The van der Waals surface area contributed by atoms with Crippen molar-refractivity contribution in [1.82, 2.24) is 0 Å². The maximum Gasteiger partial charge on any atom is 0.185 e. The summed E-state index contributed by atoms with van der Waals surface area (Å²) in [4.78, 5) is 4.16. The van der Waals surface area contributed by atoms with E-state index in [-0.39, 0.29) is 6.61 Å². The van der Waals surface area contributed by atoms with Gasteiger partial charge >= 0.3 is 0 Å². The number of rotatable bonds is 4. The molecule has 3 nitrogen and oxygen atoms in total. The Morgan fingerprint density at radius 3 is 3.00 bits per heavy atom. The fraction of sp³-hybridized carbons (Fsp3) is 0.625. The summed E-state index contributed by atoms with van der Waals surface area (Å²) in [7, 11) is 0. The highest BCUT2D eigenvalue weighted by Gasteiger charge is 2.26. The van der Waals surface area contributed by atoms with Crippen molar-refractivity contribution in [2.24, 2.45) is 4.99 Å². The number of aliphatic hydroxyl groups excluding tert-OH is 1. The normalized spacial score (nSPS) is 29.2. The van der Waals surface area contributed by atoms with Crippen LogP contribution in [0.25, 0.3) is 0 Å². The maximum atomic E-state index is 8.81. The second-order valence-corrected chi connectivity index (χ2v) is 2.88. The Balaban J connectivity index is 2.55. The summed E-state index contributed by atoms with van der Waals surface area (Å²) in [5, 5.41) is 8.81. The van der Waals surface area contributed by atoms with E-state index in [1.54, 1.807) is 0 Å². The highest BCUT2D eigenvalue weighted by molar-refractivity contribution is 5.48. The average molecular weight is 155 g/mol. The summed E-state index contributed by atoms with van der Waals surface area (Å²) in [6.07, 6.45) is 3.81. The van der Waals surface area contributed by atoms with E-state index in [0.717, 1.165) is 30.7 Å². The SMILES string of the molecule is C=CC[N+]1(CCO)C=NCC1. The first-order chi connectivity index (χ1) is 5.33. The molecule has 0 saturated heterocycles. The van der Waals surface area contributed by atoms with Gasteiger partial charge in [-0.15, -0.1) is 0 Å². The van der Waals surface area contributed by atoms with E-state index >= 15 is 0 Å². The van der Waals surface area contributed by atoms with Gasteiger partial charge in [0.1, 0.15) is 19.6 Å². The molecule has 0 aliphatic carbocycles. The fourth-order valence-electron chi connectivity index (χ4n) is 1.40. The summed E-state index contributed by atoms with van der Waals surface area (Å²) in [5.74, 6) is 0. The molecule has 62 valence electrons. The van der Waals surface area contributed by atoms with Crippen LogP contribution in [0.3, 0.4) is 0 Å². The Bertz CT molecular complexity index is 167. The standard InChI is InChI=1S/C8H15N2O/c1-2-4-10(6-7-11)5-3-9-8-10/h2,8,11H,1,3-7H2/q+1. The Hall–Kier alpha value is -0.670. The monoisotopic (exact) mass is 155 g/mol. The van der Waals surface area contributed by atoms with Crippen molar-refractivity contribution < 1.29 is 9.59 Å². The summed E-state index contributed by atoms with van der Waals surface area (Å²) >= 11 is 0. The average Bonchev–Trinajstić information content (AvgIpc) is 2.39. The Kier molecular flexibility index (Phi) is 2.79. The van der Waals surface area contributed by atoms with Gasteiger partial charge in [0.15, 0.2) is 6.34 Å². The second kappa shape index (κ2) is 3.64. The van der Waals surface area contributed by atoms with Gasteiger partial charge in [0.05, 0.1) is 13.2 Å². The smallest absolute Gasteiger partial charge is 0.185 e. The van der Waals surface area contributed by atoms with Crippen LogP contribution in [0.2, 0.25) is 0 Å². The lowest BCUT2D eigenvalue weighted by molar-refractivity contribution is -0.822. The molecule has 3 heteroatoms. The van der Waals surface area contributed by atoms with Crippen LogP contribution in [0.4, 0.5) is 0 Å². The molecule has 1 heterocycles. The molecular formula is C8H15N2O+. The van der Waals surface area contributed by atoms with Gasteiger partial charge in [-0.3, -0.25) is 4.48 Å². The van der Waals surface area contributed by atoms with E-state index in [4.69, 9.17) is 5.11 Å². The molecule has 0 aromatic carbocycles. The van der Waals surface area contributed by atoms with Gasteiger partial charge in [-0.2, -0.15) is 0 Å². The van der Waals surface area contributed by atoms with Gasteiger partial charge in [-0.25, -0.2) is 4.99 Å². The first kappa shape index (κ1) is 8.43. The molecule has 0 radical (unpaired) electrons. The molecule has 0 fully saturated rings. The van der Waals surface area contributed by atoms with Crippen molar-refractivity contribution in [3.8, 4) is 0 Å². The lowest BCUT2D eigenvalue weighted by Crippen LogP contribution is -2.47. The van der Waals surface area contributed by atoms with Crippen molar-refractivity contribution in [3.63, 3.8) is 0 Å². The van der Waals surface area contributed by atoms with Gasteiger partial charge in [0.25, 0.3) is 0 Å². The number of aliphatic imine (C=N–C) groups is 1. The fourth-order valence-corrected chi connectivity index (χ4v) is 1.40. The van der Waals surface area contributed by atoms with E-state index < -0.39 is 0 Å². The summed E-state index contributed by atoms with van der Waals surface area (Å²) < 4.78 is 0.778. The summed E-state index contributed by atoms with van der Waals surface area (Å²) in [6.45, 7) is 7.44. The maximum absolute atomic E-state index is 8.81. The van der Waals surface area contributed by atoms with E-state index in [9.17, 15) is 0 Å². The minimum absolute atomic E-state index is 0.222. The predicted octanol–water partition coefficient (Wildman–Crippen LogP) is 0.0234. The molecule has 1 N–H and O–H groups in total. The van der Waals surface area contributed by atoms with Gasteiger partial charge in [0.2, 0.25) is 0 Å². The zero-order chi connectivity index (χ0) is 8.16. The first-order valence-electron chi connectivity index (χ1n) is 3.91. The van der Waals surface area contributed by atoms with Crippen molar-refractivity contribution in [1.29, 1.82) is 0 Å². The minimum Gasteiger partial charge on any atom is -0.390 e. The molecule has 1 unspecified atom stereocenters. The predicted molar refractivity (Wildman–Crippen MR) is 45.5 cm³/mol. The molecule has 0 bridgehead atoms. The van der Waals surface area contributed by atoms with Crippen LogP contribution in [0.5, 0.6) is 0 Å². The van der Waals surface area contributed by atoms with Crippen LogP contribution in [-0.4, -0.2) is 48.7 Å². The molecule has 1 atom stereocenters. The van der Waals surface area contributed by atoms with E-state index in [1.807, 2.05) is 12.4 Å². The topological polar surface area (TPSA) is 32.6 Å². The van der Waals surface area contributed by atoms with Gasteiger partial charge in [0, 0.05) is 0 Å². The number of nitrogens with zero attached hydrogens (tertiary/aromatic N) is 2. The third-order valence-electron chi connectivity index (χ3n) is 2.04. The number of hydrogen-bond donors (Lipinski definition) is 1. The third-order valence-corrected chi connectivity index (χ3v) is 2.04.